The molecule has 1 unspecified atom stereocenters. The quantitative estimate of drug-likeness (QED) is 0.550. The van der Waals surface area contributed by atoms with Crippen LogP contribution in [0.5, 0.6) is 0 Å². The fourth-order valence-corrected chi connectivity index (χ4v) is 2.24. The molecule has 1 fully saturated rings. The van der Waals surface area contributed by atoms with E-state index in [1.807, 2.05) is 6.07 Å². The van der Waals surface area contributed by atoms with Gasteiger partial charge < -0.3 is 5.32 Å². The van der Waals surface area contributed by atoms with E-state index in [4.69, 9.17) is 5.84 Å². The smallest absolute Gasteiger partial charge is 0.257 e. The van der Waals surface area contributed by atoms with E-state index in [1.54, 1.807) is 17.1 Å². The number of nitrogen functional groups attached to an aromatic ring is 1. The Morgan fingerprint density at radius 3 is 2.70 bits per heavy atom. The van der Waals surface area contributed by atoms with Gasteiger partial charge in [-0.2, -0.15) is 20.1 Å². The first kappa shape index (κ1) is 12.8. The molecule has 4 N–H and O–H groups in total. The summed E-state index contributed by atoms with van der Waals surface area (Å²) in [4.78, 5) is 12.8. The highest BCUT2D eigenvalue weighted by molar-refractivity contribution is 5.37. The largest absolute Gasteiger partial charge is 0.351 e. The summed E-state index contributed by atoms with van der Waals surface area (Å²) in [5, 5.41) is 7.43. The SMILES string of the molecule is CC(Nc1nc(NN)nc(-n2cccn2)n1)C1CCC1. The van der Waals surface area contributed by atoms with Gasteiger partial charge in [-0.05, 0) is 31.7 Å². The first-order valence-electron chi connectivity index (χ1n) is 6.75. The van der Waals surface area contributed by atoms with E-state index in [2.05, 4.69) is 37.7 Å². The topological polar surface area (TPSA) is 107 Å². The summed E-state index contributed by atoms with van der Waals surface area (Å²) < 4.78 is 1.57. The van der Waals surface area contributed by atoms with Gasteiger partial charge in [0.1, 0.15) is 0 Å². The fraction of sp³-hybridized carbons (Fsp3) is 0.500. The van der Waals surface area contributed by atoms with Crippen LogP contribution in [0.4, 0.5) is 11.9 Å². The molecule has 2 aromatic heterocycles. The molecule has 106 valence electrons. The van der Waals surface area contributed by atoms with Gasteiger partial charge >= 0.3 is 0 Å². The second-order valence-corrected chi connectivity index (χ2v) is 5.00. The number of rotatable bonds is 5. The fourth-order valence-electron chi connectivity index (χ4n) is 2.24. The maximum atomic E-state index is 5.41. The molecular weight excluding hydrogens is 256 g/mol. The molecule has 0 spiro atoms. The zero-order valence-electron chi connectivity index (χ0n) is 11.3. The van der Waals surface area contributed by atoms with E-state index >= 15 is 0 Å². The number of hydrogen-bond donors (Lipinski definition) is 3. The molecule has 8 nitrogen and oxygen atoms in total. The van der Waals surface area contributed by atoms with Gasteiger partial charge in [-0.15, -0.1) is 0 Å². The van der Waals surface area contributed by atoms with Gasteiger partial charge in [-0.25, -0.2) is 10.5 Å². The van der Waals surface area contributed by atoms with Crippen LogP contribution in [-0.2, 0) is 0 Å². The Balaban J connectivity index is 1.84. The van der Waals surface area contributed by atoms with Crippen LogP contribution >= 0.6 is 0 Å². The molecule has 3 rings (SSSR count). The molecule has 20 heavy (non-hydrogen) atoms. The van der Waals surface area contributed by atoms with Crippen molar-refractivity contribution in [2.24, 2.45) is 11.8 Å². The first-order chi connectivity index (χ1) is 9.76. The Labute approximate surface area is 116 Å². The molecular formula is C12H18N8. The van der Waals surface area contributed by atoms with Crippen molar-refractivity contribution in [2.45, 2.75) is 32.2 Å². The van der Waals surface area contributed by atoms with Crippen molar-refractivity contribution in [1.82, 2.24) is 24.7 Å². The number of nitrogens with zero attached hydrogens (tertiary/aromatic N) is 5. The number of anilines is 2. The standard InChI is InChI=1S/C12H18N8/c1-8(9-4-2-5-9)15-10-16-11(19-13)18-12(17-10)20-7-3-6-14-20/h3,6-9H,2,4-5,13H2,1H3,(H2,15,16,17,18,19). The van der Waals surface area contributed by atoms with E-state index in [1.165, 1.54) is 19.3 Å². The zero-order valence-corrected chi connectivity index (χ0v) is 11.3. The highest BCUT2D eigenvalue weighted by atomic mass is 15.4. The lowest BCUT2D eigenvalue weighted by Crippen LogP contribution is -2.32. The van der Waals surface area contributed by atoms with Crippen LogP contribution in [0.25, 0.3) is 5.95 Å². The number of hydrazine groups is 1. The van der Waals surface area contributed by atoms with Crippen molar-refractivity contribution < 1.29 is 0 Å². The predicted octanol–water partition coefficient (Wildman–Crippen LogP) is 0.943. The lowest BCUT2D eigenvalue weighted by atomic mass is 9.80. The lowest BCUT2D eigenvalue weighted by molar-refractivity contribution is 0.284. The van der Waals surface area contributed by atoms with Gasteiger partial charge in [0.2, 0.25) is 11.9 Å². The lowest BCUT2D eigenvalue weighted by Gasteiger charge is -2.31. The maximum absolute atomic E-state index is 5.41. The van der Waals surface area contributed by atoms with Crippen LogP contribution in [0, 0.1) is 5.92 Å². The van der Waals surface area contributed by atoms with Crippen molar-refractivity contribution in [1.29, 1.82) is 0 Å². The number of hydrogen-bond acceptors (Lipinski definition) is 7. The van der Waals surface area contributed by atoms with Crippen LogP contribution in [0.3, 0.4) is 0 Å². The van der Waals surface area contributed by atoms with E-state index in [0.29, 0.717) is 29.8 Å². The van der Waals surface area contributed by atoms with Crippen molar-refractivity contribution in [3.63, 3.8) is 0 Å². The van der Waals surface area contributed by atoms with Crippen LogP contribution < -0.4 is 16.6 Å². The molecule has 0 radical (unpaired) electrons. The highest BCUT2D eigenvalue weighted by Crippen LogP contribution is 2.30. The summed E-state index contributed by atoms with van der Waals surface area (Å²) in [6.45, 7) is 2.15. The maximum Gasteiger partial charge on any atom is 0.257 e. The van der Waals surface area contributed by atoms with E-state index in [9.17, 15) is 0 Å². The van der Waals surface area contributed by atoms with Gasteiger partial charge in [-0.1, -0.05) is 6.42 Å². The second-order valence-electron chi connectivity index (χ2n) is 5.00. The molecule has 0 saturated heterocycles. The molecule has 0 aliphatic heterocycles. The summed E-state index contributed by atoms with van der Waals surface area (Å²) in [7, 11) is 0. The third-order valence-electron chi connectivity index (χ3n) is 3.68. The number of aromatic nitrogens is 5. The first-order valence-corrected chi connectivity index (χ1v) is 6.75. The Morgan fingerprint density at radius 1 is 1.30 bits per heavy atom. The summed E-state index contributed by atoms with van der Waals surface area (Å²) in [6, 6.07) is 2.14. The summed E-state index contributed by atoms with van der Waals surface area (Å²) in [5.74, 6) is 7.36. The minimum Gasteiger partial charge on any atom is -0.351 e. The monoisotopic (exact) mass is 274 g/mol. The number of nitrogens with one attached hydrogen (secondary N) is 2. The van der Waals surface area contributed by atoms with Gasteiger partial charge in [0, 0.05) is 18.4 Å². The molecule has 2 heterocycles. The summed E-state index contributed by atoms with van der Waals surface area (Å²) >= 11 is 0. The summed E-state index contributed by atoms with van der Waals surface area (Å²) in [6.07, 6.45) is 7.26. The molecule has 1 atom stereocenters. The van der Waals surface area contributed by atoms with Gasteiger partial charge in [-0.3, -0.25) is 5.43 Å². The zero-order chi connectivity index (χ0) is 13.9. The van der Waals surface area contributed by atoms with Crippen LogP contribution in [0.2, 0.25) is 0 Å². The molecule has 0 amide bonds. The predicted molar refractivity (Wildman–Crippen MR) is 75.2 cm³/mol. The molecule has 1 saturated carbocycles. The Hall–Kier alpha value is -2.22. The minimum atomic E-state index is 0.314. The van der Waals surface area contributed by atoms with Crippen molar-refractivity contribution >= 4 is 11.9 Å². The van der Waals surface area contributed by atoms with Gasteiger partial charge in [0.25, 0.3) is 5.95 Å². The van der Waals surface area contributed by atoms with E-state index in [-0.39, 0.29) is 0 Å². The molecule has 1 aliphatic rings. The Morgan fingerprint density at radius 2 is 2.10 bits per heavy atom. The Kier molecular flexibility index (Phi) is 3.46. The normalized spacial score (nSPS) is 16.5. The van der Waals surface area contributed by atoms with Crippen molar-refractivity contribution in [3.8, 4) is 5.95 Å². The Bertz CT molecular complexity index is 563. The highest BCUT2D eigenvalue weighted by Gasteiger charge is 2.24. The molecule has 1 aliphatic carbocycles. The van der Waals surface area contributed by atoms with Crippen molar-refractivity contribution in [3.05, 3.63) is 18.5 Å². The van der Waals surface area contributed by atoms with Crippen LogP contribution in [0.1, 0.15) is 26.2 Å². The second kappa shape index (κ2) is 5.41. The molecule has 0 aromatic carbocycles. The third kappa shape index (κ3) is 2.55. The van der Waals surface area contributed by atoms with Gasteiger partial charge in [0.05, 0.1) is 0 Å². The average molecular weight is 274 g/mol. The van der Waals surface area contributed by atoms with Crippen LogP contribution in [-0.4, -0.2) is 30.8 Å². The molecule has 2 aromatic rings. The minimum absolute atomic E-state index is 0.314. The van der Waals surface area contributed by atoms with E-state index < -0.39 is 0 Å². The summed E-state index contributed by atoms with van der Waals surface area (Å²) in [5.41, 5.74) is 2.46. The average Bonchev–Trinajstić information content (AvgIpc) is 2.89. The van der Waals surface area contributed by atoms with E-state index in [0.717, 1.165) is 0 Å². The molecule has 8 heteroatoms. The van der Waals surface area contributed by atoms with Crippen LogP contribution in [0.15, 0.2) is 18.5 Å². The van der Waals surface area contributed by atoms with Gasteiger partial charge in [0.15, 0.2) is 0 Å². The molecule has 0 bridgehead atoms. The van der Waals surface area contributed by atoms with Crippen molar-refractivity contribution in [2.75, 3.05) is 10.7 Å². The number of nitrogens with two attached hydrogens (primary N) is 1. The third-order valence-corrected chi connectivity index (χ3v) is 3.68.